The summed E-state index contributed by atoms with van der Waals surface area (Å²) in [6, 6.07) is 9.84. The van der Waals surface area contributed by atoms with Gasteiger partial charge in [-0.25, -0.2) is 0 Å². The normalized spacial score (nSPS) is 11.6. The molecule has 0 bridgehead atoms. The highest BCUT2D eigenvalue weighted by atomic mass is 16.2. The molecule has 17 heavy (non-hydrogen) atoms. The quantitative estimate of drug-likeness (QED) is 0.774. The first kappa shape index (κ1) is 13.2. The fraction of sp³-hybridized carbons (Fsp3) is 0.385. The second-order valence-corrected chi connectivity index (χ2v) is 3.97. The molecule has 0 aliphatic heterocycles. The highest BCUT2D eigenvalue weighted by Gasteiger charge is 2.16. The molecule has 1 aromatic carbocycles. The Bertz CT molecular complexity index is 376. The topological polar surface area (TPSA) is 58.2 Å². The van der Waals surface area contributed by atoms with Gasteiger partial charge >= 0.3 is 0 Å². The Kier molecular flexibility index (Phi) is 5.20. The molecule has 1 atom stereocenters. The third-order valence-electron chi connectivity index (χ3n) is 2.55. The summed E-state index contributed by atoms with van der Waals surface area (Å²) in [4.78, 5) is 22.4. The van der Waals surface area contributed by atoms with Crippen LogP contribution in [-0.4, -0.2) is 11.8 Å². The van der Waals surface area contributed by atoms with Gasteiger partial charge in [0.1, 0.15) is 0 Å². The van der Waals surface area contributed by atoms with Gasteiger partial charge in [-0.3, -0.25) is 20.4 Å². The van der Waals surface area contributed by atoms with Crippen LogP contribution < -0.4 is 10.9 Å². The summed E-state index contributed by atoms with van der Waals surface area (Å²) >= 11 is 0. The van der Waals surface area contributed by atoms with Gasteiger partial charge < -0.3 is 0 Å². The van der Waals surface area contributed by atoms with E-state index in [0.717, 1.165) is 12.0 Å². The highest BCUT2D eigenvalue weighted by molar-refractivity contribution is 5.82. The molecule has 0 radical (unpaired) electrons. The molecule has 0 aromatic heterocycles. The molecule has 0 spiro atoms. The van der Waals surface area contributed by atoms with Crippen LogP contribution in [0.25, 0.3) is 0 Å². The van der Waals surface area contributed by atoms with E-state index in [1.54, 1.807) is 0 Å². The standard InChI is InChI=1S/C13H18N2O2/c1-3-12(13(17)15-14-10(2)16)9-11-7-5-4-6-8-11/h4-8,12H,3,9H2,1-2H3,(H,14,16)(H,15,17)/t12-/m0/s1. The minimum atomic E-state index is -0.270. The van der Waals surface area contributed by atoms with Crippen molar-refractivity contribution in [1.29, 1.82) is 0 Å². The van der Waals surface area contributed by atoms with E-state index in [2.05, 4.69) is 10.9 Å². The van der Waals surface area contributed by atoms with Crippen molar-refractivity contribution in [2.24, 2.45) is 5.92 Å². The summed E-state index contributed by atoms with van der Waals surface area (Å²) in [5.74, 6) is -0.538. The summed E-state index contributed by atoms with van der Waals surface area (Å²) in [7, 11) is 0. The van der Waals surface area contributed by atoms with Crippen LogP contribution in [0, 0.1) is 5.92 Å². The van der Waals surface area contributed by atoms with Gasteiger partial charge in [-0.15, -0.1) is 0 Å². The molecule has 4 heteroatoms. The summed E-state index contributed by atoms with van der Waals surface area (Å²) in [5, 5.41) is 0. The van der Waals surface area contributed by atoms with E-state index in [9.17, 15) is 9.59 Å². The van der Waals surface area contributed by atoms with Gasteiger partial charge in [0.15, 0.2) is 0 Å². The van der Waals surface area contributed by atoms with Gasteiger partial charge in [0.25, 0.3) is 0 Å². The minimum Gasteiger partial charge on any atom is -0.274 e. The minimum absolute atomic E-state index is 0.121. The van der Waals surface area contributed by atoms with E-state index in [-0.39, 0.29) is 17.7 Å². The first-order valence-electron chi connectivity index (χ1n) is 5.73. The molecule has 1 aromatic rings. The molecule has 0 saturated carbocycles. The molecule has 0 fully saturated rings. The van der Waals surface area contributed by atoms with Crippen LogP contribution in [0.3, 0.4) is 0 Å². The smallest absolute Gasteiger partial charge is 0.241 e. The average Bonchev–Trinajstić information content (AvgIpc) is 2.34. The third kappa shape index (κ3) is 4.68. The average molecular weight is 234 g/mol. The first-order chi connectivity index (χ1) is 8.13. The van der Waals surface area contributed by atoms with Crippen molar-refractivity contribution in [3.05, 3.63) is 35.9 Å². The zero-order chi connectivity index (χ0) is 12.7. The number of hydrazine groups is 1. The second-order valence-electron chi connectivity index (χ2n) is 3.97. The van der Waals surface area contributed by atoms with E-state index in [4.69, 9.17) is 0 Å². The van der Waals surface area contributed by atoms with Crippen molar-refractivity contribution in [1.82, 2.24) is 10.9 Å². The van der Waals surface area contributed by atoms with Crippen LogP contribution in [0.2, 0.25) is 0 Å². The van der Waals surface area contributed by atoms with E-state index in [1.165, 1.54) is 6.92 Å². The number of nitrogens with one attached hydrogen (secondary N) is 2. The van der Waals surface area contributed by atoms with Gasteiger partial charge in [0.05, 0.1) is 0 Å². The Morgan fingerprint density at radius 1 is 1.18 bits per heavy atom. The van der Waals surface area contributed by atoms with Crippen molar-refractivity contribution in [2.75, 3.05) is 0 Å². The fourth-order valence-electron chi connectivity index (χ4n) is 1.57. The molecule has 0 heterocycles. The molecule has 4 nitrogen and oxygen atoms in total. The summed E-state index contributed by atoms with van der Waals surface area (Å²) < 4.78 is 0. The third-order valence-corrected chi connectivity index (χ3v) is 2.55. The molecule has 2 amide bonds. The number of benzene rings is 1. The maximum absolute atomic E-state index is 11.8. The van der Waals surface area contributed by atoms with E-state index in [0.29, 0.717) is 6.42 Å². The Morgan fingerprint density at radius 3 is 2.35 bits per heavy atom. The summed E-state index contributed by atoms with van der Waals surface area (Å²) in [5.41, 5.74) is 5.84. The predicted molar refractivity (Wildman–Crippen MR) is 65.9 cm³/mol. The lowest BCUT2D eigenvalue weighted by atomic mass is 9.96. The number of amides is 2. The molecule has 0 unspecified atom stereocenters. The van der Waals surface area contributed by atoms with Crippen LogP contribution in [0.1, 0.15) is 25.8 Å². The van der Waals surface area contributed by atoms with E-state index >= 15 is 0 Å². The Hall–Kier alpha value is -1.84. The zero-order valence-electron chi connectivity index (χ0n) is 10.2. The Morgan fingerprint density at radius 2 is 1.82 bits per heavy atom. The Balaban J connectivity index is 2.53. The highest BCUT2D eigenvalue weighted by Crippen LogP contribution is 2.11. The SMILES string of the molecule is CC[C@@H](Cc1ccccc1)C(=O)NNC(C)=O. The number of hydrogen-bond acceptors (Lipinski definition) is 2. The zero-order valence-corrected chi connectivity index (χ0v) is 10.2. The molecule has 2 N–H and O–H groups in total. The largest absolute Gasteiger partial charge is 0.274 e. The number of rotatable bonds is 4. The van der Waals surface area contributed by atoms with Crippen molar-refractivity contribution >= 4 is 11.8 Å². The molecule has 0 aliphatic carbocycles. The molecule has 0 saturated heterocycles. The maximum Gasteiger partial charge on any atom is 0.241 e. The van der Waals surface area contributed by atoms with Crippen LogP contribution in [0.5, 0.6) is 0 Å². The van der Waals surface area contributed by atoms with Crippen molar-refractivity contribution < 1.29 is 9.59 Å². The monoisotopic (exact) mass is 234 g/mol. The maximum atomic E-state index is 11.8. The Labute approximate surface area is 101 Å². The molecule has 92 valence electrons. The van der Waals surface area contributed by atoms with Crippen LogP contribution in [-0.2, 0) is 16.0 Å². The van der Waals surface area contributed by atoms with Crippen LogP contribution in [0.15, 0.2) is 30.3 Å². The lowest BCUT2D eigenvalue weighted by molar-refractivity contribution is -0.130. The summed E-state index contributed by atoms with van der Waals surface area (Å²) in [6.07, 6.45) is 1.42. The number of hydrogen-bond donors (Lipinski definition) is 2. The van der Waals surface area contributed by atoms with Gasteiger partial charge in [0.2, 0.25) is 11.8 Å². The van der Waals surface area contributed by atoms with E-state index < -0.39 is 0 Å². The van der Waals surface area contributed by atoms with Gasteiger partial charge in [-0.1, -0.05) is 37.3 Å². The fourth-order valence-corrected chi connectivity index (χ4v) is 1.57. The van der Waals surface area contributed by atoms with Crippen molar-refractivity contribution in [3.8, 4) is 0 Å². The lowest BCUT2D eigenvalue weighted by Gasteiger charge is -2.14. The number of carbonyl (C=O) groups is 2. The second kappa shape index (κ2) is 6.68. The van der Waals surface area contributed by atoms with Gasteiger partial charge in [-0.2, -0.15) is 0 Å². The first-order valence-corrected chi connectivity index (χ1v) is 5.73. The van der Waals surface area contributed by atoms with Crippen LogP contribution >= 0.6 is 0 Å². The molecule has 1 rings (SSSR count). The molecular weight excluding hydrogens is 216 g/mol. The van der Waals surface area contributed by atoms with Crippen molar-refractivity contribution in [2.45, 2.75) is 26.7 Å². The predicted octanol–water partition coefficient (Wildman–Crippen LogP) is 1.42. The van der Waals surface area contributed by atoms with Gasteiger partial charge in [0, 0.05) is 12.8 Å². The molecule has 0 aliphatic rings. The number of carbonyl (C=O) groups excluding carboxylic acids is 2. The van der Waals surface area contributed by atoms with Crippen molar-refractivity contribution in [3.63, 3.8) is 0 Å². The van der Waals surface area contributed by atoms with E-state index in [1.807, 2.05) is 37.3 Å². The summed E-state index contributed by atoms with van der Waals surface area (Å²) in [6.45, 7) is 3.32. The molecular formula is C13H18N2O2. The van der Waals surface area contributed by atoms with Gasteiger partial charge in [-0.05, 0) is 18.4 Å². The lowest BCUT2D eigenvalue weighted by Crippen LogP contribution is -2.43. The van der Waals surface area contributed by atoms with Crippen LogP contribution in [0.4, 0.5) is 0 Å².